The molecule has 0 aromatic rings. The Morgan fingerprint density at radius 3 is 2.57 bits per heavy atom. The van der Waals surface area contributed by atoms with E-state index in [4.69, 9.17) is 9.47 Å². The second-order valence-electron chi connectivity index (χ2n) is 3.12. The lowest BCUT2D eigenvalue weighted by Crippen LogP contribution is -2.35. The van der Waals surface area contributed by atoms with Crippen molar-refractivity contribution in [1.82, 2.24) is 4.90 Å². The van der Waals surface area contributed by atoms with Gasteiger partial charge in [0.1, 0.15) is 6.29 Å². The first-order valence-electron chi connectivity index (χ1n) is 5.06. The fraction of sp³-hybridized carbons (Fsp3) is 0.900. The lowest BCUT2D eigenvalue weighted by molar-refractivity contribution is -0.109. The minimum Gasteiger partial charge on any atom is -0.379 e. The Morgan fingerprint density at radius 2 is 2.07 bits per heavy atom. The zero-order valence-corrected chi connectivity index (χ0v) is 9.36. The minimum absolute atomic E-state index is 0.0601. The molecule has 84 valence electrons. The van der Waals surface area contributed by atoms with E-state index in [1.807, 2.05) is 25.8 Å². The van der Waals surface area contributed by atoms with E-state index >= 15 is 0 Å². The Balaban J connectivity index is 3.75. The third kappa shape index (κ3) is 7.00. The number of rotatable bonds is 9. The van der Waals surface area contributed by atoms with Crippen molar-refractivity contribution >= 4 is 6.29 Å². The van der Waals surface area contributed by atoms with Crippen LogP contribution in [0.5, 0.6) is 0 Å². The van der Waals surface area contributed by atoms with Crippen molar-refractivity contribution in [1.29, 1.82) is 0 Å². The maximum Gasteiger partial charge on any atom is 0.133 e. The molecule has 0 aliphatic rings. The van der Waals surface area contributed by atoms with Gasteiger partial charge in [-0.2, -0.15) is 0 Å². The number of aldehydes is 1. The van der Waals surface area contributed by atoms with Gasteiger partial charge in [-0.05, 0) is 20.9 Å². The summed E-state index contributed by atoms with van der Waals surface area (Å²) in [6.07, 6.45) is 0.953. The van der Waals surface area contributed by atoms with Gasteiger partial charge in [0.15, 0.2) is 0 Å². The molecule has 14 heavy (non-hydrogen) atoms. The van der Waals surface area contributed by atoms with Gasteiger partial charge in [-0.3, -0.25) is 4.90 Å². The predicted octanol–water partition coefficient (Wildman–Crippen LogP) is 0.559. The molecule has 0 radical (unpaired) electrons. The molecule has 0 amide bonds. The molecule has 0 rings (SSSR count). The number of hydrogen-bond donors (Lipinski definition) is 0. The lowest BCUT2D eigenvalue weighted by Gasteiger charge is -2.22. The van der Waals surface area contributed by atoms with Gasteiger partial charge >= 0.3 is 0 Å². The van der Waals surface area contributed by atoms with Crippen LogP contribution in [-0.4, -0.2) is 57.2 Å². The Morgan fingerprint density at radius 1 is 1.36 bits per heavy atom. The van der Waals surface area contributed by atoms with Crippen molar-refractivity contribution in [3.8, 4) is 0 Å². The van der Waals surface area contributed by atoms with Crippen molar-refractivity contribution in [2.24, 2.45) is 0 Å². The monoisotopic (exact) mass is 203 g/mol. The van der Waals surface area contributed by atoms with E-state index < -0.39 is 0 Å². The zero-order valence-electron chi connectivity index (χ0n) is 9.36. The molecule has 0 heterocycles. The average molecular weight is 203 g/mol. The predicted molar refractivity (Wildman–Crippen MR) is 55.5 cm³/mol. The second kappa shape index (κ2) is 9.12. The summed E-state index contributed by atoms with van der Waals surface area (Å²) >= 11 is 0. The molecule has 1 atom stereocenters. The highest BCUT2D eigenvalue weighted by Gasteiger charge is 2.11. The minimum atomic E-state index is 0.0601. The molecule has 0 aromatic carbocycles. The van der Waals surface area contributed by atoms with Gasteiger partial charge in [-0.1, -0.05) is 0 Å². The molecule has 0 bridgehead atoms. The third-order valence-electron chi connectivity index (χ3n) is 1.81. The summed E-state index contributed by atoms with van der Waals surface area (Å²) in [5, 5.41) is 0. The lowest BCUT2D eigenvalue weighted by atomic mass is 10.3. The van der Waals surface area contributed by atoms with Crippen LogP contribution in [0.25, 0.3) is 0 Å². The molecule has 1 unspecified atom stereocenters. The van der Waals surface area contributed by atoms with E-state index in [-0.39, 0.29) is 6.10 Å². The summed E-state index contributed by atoms with van der Waals surface area (Å²) in [5.41, 5.74) is 0. The SMILES string of the molecule is CCOCC(CN(C)CC=O)OCC. The van der Waals surface area contributed by atoms with Gasteiger partial charge in [0.2, 0.25) is 0 Å². The molecule has 0 aromatic heterocycles. The number of likely N-dealkylation sites (N-methyl/N-ethyl adjacent to an activating group) is 1. The van der Waals surface area contributed by atoms with Crippen molar-refractivity contribution in [2.45, 2.75) is 20.0 Å². The highest BCUT2D eigenvalue weighted by Crippen LogP contribution is 1.96. The van der Waals surface area contributed by atoms with Crippen LogP contribution in [0, 0.1) is 0 Å². The van der Waals surface area contributed by atoms with Crippen molar-refractivity contribution in [2.75, 3.05) is 40.0 Å². The van der Waals surface area contributed by atoms with Crippen LogP contribution in [0.4, 0.5) is 0 Å². The molecule has 4 nitrogen and oxygen atoms in total. The first kappa shape index (κ1) is 13.5. The highest BCUT2D eigenvalue weighted by molar-refractivity contribution is 5.51. The molecule has 0 fully saturated rings. The first-order chi connectivity index (χ1) is 6.74. The standard InChI is InChI=1S/C10H21NO3/c1-4-13-9-10(14-5-2)8-11(3)6-7-12/h7,10H,4-6,8-9H2,1-3H3. The van der Waals surface area contributed by atoms with Crippen LogP contribution >= 0.6 is 0 Å². The van der Waals surface area contributed by atoms with Crippen molar-refractivity contribution in [3.05, 3.63) is 0 Å². The normalized spacial score (nSPS) is 13.1. The number of nitrogens with zero attached hydrogens (tertiary/aromatic N) is 1. The maximum absolute atomic E-state index is 10.3. The molecule has 0 aliphatic carbocycles. The molecule has 0 aliphatic heterocycles. The fourth-order valence-corrected chi connectivity index (χ4v) is 1.19. The van der Waals surface area contributed by atoms with Crippen LogP contribution in [0.1, 0.15) is 13.8 Å². The van der Waals surface area contributed by atoms with Gasteiger partial charge in [-0.25, -0.2) is 0 Å². The van der Waals surface area contributed by atoms with Crippen LogP contribution < -0.4 is 0 Å². The molecule has 4 heteroatoms. The van der Waals surface area contributed by atoms with Crippen molar-refractivity contribution < 1.29 is 14.3 Å². The topological polar surface area (TPSA) is 38.8 Å². The quantitative estimate of drug-likeness (QED) is 0.513. The number of ether oxygens (including phenoxy) is 2. The summed E-state index contributed by atoms with van der Waals surface area (Å²) in [6.45, 7) is 7.04. The largest absolute Gasteiger partial charge is 0.379 e. The summed E-state index contributed by atoms with van der Waals surface area (Å²) in [5.74, 6) is 0. The van der Waals surface area contributed by atoms with E-state index in [1.165, 1.54) is 0 Å². The average Bonchev–Trinajstić information content (AvgIpc) is 2.15. The van der Waals surface area contributed by atoms with Crippen LogP contribution in [0.2, 0.25) is 0 Å². The van der Waals surface area contributed by atoms with Gasteiger partial charge in [-0.15, -0.1) is 0 Å². The van der Waals surface area contributed by atoms with Crippen LogP contribution in [-0.2, 0) is 14.3 Å². The Bertz CT molecular complexity index is 141. The molecular weight excluding hydrogens is 182 g/mol. The molecule has 0 spiro atoms. The number of hydrogen-bond acceptors (Lipinski definition) is 4. The Hall–Kier alpha value is -0.450. The van der Waals surface area contributed by atoms with E-state index in [1.54, 1.807) is 0 Å². The fourth-order valence-electron chi connectivity index (χ4n) is 1.19. The molecular formula is C10H21NO3. The maximum atomic E-state index is 10.3. The van der Waals surface area contributed by atoms with Gasteiger partial charge in [0.25, 0.3) is 0 Å². The highest BCUT2D eigenvalue weighted by atomic mass is 16.5. The Labute approximate surface area is 86.2 Å². The number of carbonyl (C=O) groups is 1. The zero-order chi connectivity index (χ0) is 10.8. The van der Waals surface area contributed by atoms with E-state index in [9.17, 15) is 4.79 Å². The molecule has 0 saturated heterocycles. The molecule has 0 N–H and O–H groups in total. The summed E-state index contributed by atoms with van der Waals surface area (Å²) in [7, 11) is 1.90. The first-order valence-corrected chi connectivity index (χ1v) is 5.06. The number of carbonyl (C=O) groups excluding carboxylic acids is 1. The van der Waals surface area contributed by atoms with Crippen LogP contribution in [0.15, 0.2) is 0 Å². The third-order valence-corrected chi connectivity index (χ3v) is 1.81. The van der Waals surface area contributed by atoms with Gasteiger partial charge < -0.3 is 14.3 Å². The van der Waals surface area contributed by atoms with Gasteiger partial charge in [0, 0.05) is 19.8 Å². The van der Waals surface area contributed by atoms with Crippen molar-refractivity contribution in [3.63, 3.8) is 0 Å². The Kier molecular flexibility index (Phi) is 8.83. The van der Waals surface area contributed by atoms with Crippen LogP contribution in [0.3, 0.4) is 0 Å². The summed E-state index contributed by atoms with van der Waals surface area (Å²) < 4.78 is 10.8. The van der Waals surface area contributed by atoms with E-state index in [0.717, 1.165) is 12.8 Å². The smallest absolute Gasteiger partial charge is 0.133 e. The van der Waals surface area contributed by atoms with E-state index in [0.29, 0.717) is 26.4 Å². The second-order valence-corrected chi connectivity index (χ2v) is 3.12. The van der Waals surface area contributed by atoms with Gasteiger partial charge in [0.05, 0.1) is 19.3 Å². The van der Waals surface area contributed by atoms with E-state index in [2.05, 4.69) is 0 Å². The summed E-state index contributed by atoms with van der Waals surface area (Å²) in [4.78, 5) is 12.2. The molecule has 0 saturated carbocycles. The summed E-state index contributed by atoms with van der Waals surface area (Å²) in [6, 6.07) is 0.